The first-order chi connectivity index (χ1) is 27.7. The van der Waals surface area contributed by atoms with Crippen LogP contribution in [0.1, 0.15) is 316 Å². The Balaban J connectivity index is 3.15. The second-order valence-electron chi connectivity index (χ2n) is 18.7. The summed E-state index contributed by atoms with van der Waals surface area (Å²) >= 11 is 0. The van der Waals surface area contributed by atoms with E-state index in [9.17, 15) is 4.79 Å². The fourth-order valence-electron chi connectivity index (χ4n) is 8.38. The Morgan fingerprint density at radius 3 is 0.946 bits per heavy atom. The summed E-state index contributed by atoms with van der Waals surface area (Å²) in [4.78, 5) is 12.0. The first-order valence-corrected chi connectivity index (χ1v) is 26.5. The number of carbonyl (C=O) groups is 1. The van der Waals surface area contributed by atoms with Crippen molar-refractivity contribution in [2.45, 2.75) is 316 Å². The minimum absolute atomic E-state index is 0.0217. The molecule has 0 aromatic rings. The highest BCUT2D eigenvalue weighted by molar-refractivity contribution is 5.69. The molecule has 0 atom stereocenters. The molecule has 0 amide bonds. The van der Waals surface area contributed by atoms with Crippen LogP contribution in [0.15, 0.2) is 12.2 Å². The SMILES string of the molecule is CCCCCCCC/C=C\CCCCCCCC(=O)OCCCCCCCCCCCCCCCCCCCCCCCCCCCCCCCCCC(C)C. The smallest absolute Gasteiger partial charge is 0.305 e. The van der Waals surface area contributed by atoms with Gasteiger partial charge in [-0.3, -0.25) is 4.79 Å². The molecule has 0 spiro atoms. The van der Waals surface area contributed by atoms with E-state index < -0.39 is 0 Å². The van der Waals surface area contributed by atoms with Crippen molar-refractivity contribution in [3.8, 4) is 0 Å². The van der Waals surface area contributed by atoms with E-state index in [0.29, 0.717) is 13.0 Å². The molecule has 0 unspecified atom stereocenters. The molecular weight excluding hydrogens is 681 g/mol. The van der Waals surface area contributed by atoms with E-state index in [0.717, 1.165) is 25.2 Å². The lowest BCUT2D eigenvalue weighted by Gasteiger charge is -2.06. The third-order valence-electron chi connectivity index (χ3n) is 12.3. The van der Waals surface area contributed by atoms with E-state index >= 15 is 0 Å². The Hall–Kier alpha value is -0.790. The largest absolute Gasteiger partial charge is 0.466 e. The van der Waals surface area contributed by atoms with Crippen molar-refractivity contribution in [1.82, 2.24) is 0 Å². The monoisotopic (exact) mass is 787 g/mol. The second kappa shape index (κ2) is 50.4. The molecule has 0 aliphatic heterocycles. The second-order valence-corrected chi connectivity index (χ2v) is 18.7. The third kappa shape index (κ3) is 51.2. The van der Waals surface area contributed by atoms with Crippen LogP contribution in [0.4, 0.5) is 0 Å². The Labute approximate surface area is 355 Å². The topological polar surface area (TPSA) is 26.3 Å². The van der Waals surface area contributed by atoms with Gasteiger partial charge in [-0.15, -0.1) is 0 Å². The predicted molar refractivity (Wildman–Crippen MR) is 253 cm³/mol. The van der Waals surface area contributed by atoms with Crippen LogP contribution < -0.4 is 0 Å². The number of carbonyl (C=O) groups excluding carboxylic acids is 1. The van der Waals surface area contributed by atoms with Gasteiger partial charge in [0.15, 0.2) is 0 Å². The summed E-state index contributed by atoms with van der Waals surface area (Å²) in [6.07, 6.45) is 68.0. The van der Waals surface area contributed by atoms with Gasteiger partial charge in [-0.25, -0.2) is 0 Å². The van der Waals surface area contributed by atoms with Gasteiger partial charge in [-0.05, 0) is 44.4 Å². The fraction of sp³-hybridized carbons (Fsp3) is 0.944. The van der Waals surface area contributed by atoms with Crippen molar-refractivity contribution in [1.29, 1.82) is 0 Å². The lowest BCUT2D eigenvalue weighted by atomic mass is 10.0. The molecule has 0 aliphatic rings. The zero-order valence-electron chi connectivity index (χ0n) is 39.3. The molecule has 0 radical (unpaired) electrons. The summed E-state index contributed by atoms with van der Waals surface area (Å²) in [6.45, 7) is 7.61. The van der Waals surface area contributed by atoms with Gasteiger partial charge in [-0.2, -0.15) is 0 Å². The van der Waals surface area contributed by atoms with Crippen LogP contribution in [-0.2, 0) is 9.53 Å². The number of hydrogen-bond acceptors (Lipinski definition) is 2. The number of esters is 1. The summed E-state index contributed by atoms with van der Waals surface area (Å²) in [5, 5.41) is 0. The van der Waals surface area contributed by atoms with Gasteiger partial charge in [-0.1, -0.05) is 283 Å². The van der Waals surface area contributed by atoms with Gasteiger partial charge in [0.1, 0.15) is 0 Å². The summed E-state index contributed by atoms with van der Waals surface area (Å²) in [6, 6.07) is 0. The molecule has 2 nitrogen and oxygen atoms in total. The number of allylic oxidation sites excluding steroid dienone is 2. The number of ether oxygens (including phenoxy) is 1. The zero-order valence-corrected chi connectivity index (χ0v) is 39.3. The summed E-state index contributed by atoms with van der Waals surface area (Å²) in [5.41, 5.74) is 0. The van der Waals surface area contributed by atoms with E-state index in [-0.39, 0.29) is 5.97 Å². The van der Waals surface area contributed by atoms with E-state index in [2.05, 4.69) is 32.9 Å². The van der Waals surface area contributed by atoms with Gasteiger partial charge in [0.05, 0.1) is 6.61 Å². The van der Waals surface area contributed by atoms with E-state index in [4.69, 9.17) is 4.74 Å². The van der Waals surface area contributed by atoms with Crippen LogP contribution in [0.2, 0.25) is 0 Å². The van der Waals surface area contributed by atoms with E-state index in [1.54, 1.807) is 0 Å². The maximum Gasteiger partial charge on any atom is 0.305 e. The molecule has 56 heavy (non-hydrogen) atoms. The zero-order chi connectivity index (χ0) is 40.5. The van der Waals surface area contributed by atoms with Crippen molar-refractivity contribution in [2.24, 2.45) is 5.92 Å². The lowest BCUT2D eigenvalue weighted by molar-refractivity contribution is -0.143. The van der Waals surface area contributed by atoms with Crippen LogP contribution in [-0.4, -0.2) is 12.6 Å². The highest BCUT2D eigenvalue weighted by Gasteiger charge is 2.03. The number of rotatable bonds is 49. The molecule has 0 aromatic heterocycles. The van der Waals surface area contributed by atoms with E-state index in [1.165, 1.54) is 270 Å². The van der Waals surface area contributed by atoms with Gasteiger partial charge < -0.3 is 4.74 Å². The Morgan fingerprint density at radius 1 is 0.357 bits per heavy atom. The van der Waals surface area contributed by atoms with Crippen LogP contribution in [0, 0.1) is 5.92 Å². The maximum atomic E-state index is 12.0. The highest BCUT2D eigenvalue weighted by Crippen LogP contribution is 2.18. The van der Waals surface area contributed by atoms with Gasteiger partial charge in [0, 0.05) is 6.42 Å². The average Bonchev–Trinajstić information content (AvgIpc) is 3.19. The quantitative estimate of drug-likeness (QED) is 0.0349. The first kappa shape index (κ1) is 55.2. The van der Waals surface area contributed by atoms with Crippen LogP contribution >= 0.6 is 0 Å². The van der Waals surface area contributed by atoms with Crippen LogP contribution in [0.5, 0.6) is 0 Å². The van der Waals surface area contributed by atoms with Gasteiger partial charge in [0.2, 0.25) is 0 Å². The number of hydrogen-bond donors (Lipinski definition) is 0. The lowest BCUT2D eigenvalue weighted by Crippen LogP contribution is -2.05. The molecule has 0 saturated heterocycles. The minimum atomic E-state index is 0.0217. The van der Waals surface area contributed by atoms with Crippen LogP contribution in [0.3, 0.4) is 0 Å². The molecule has 0 heterocycles. The molecule has 0 aromatic carbocycles. The maximum absolute atomic E-state index is 12.0. The van der Waals surface area contributed by atoms with Crippen molar-refractivity contribution < 1.29 is 9.53 Å². The fourth-order valence-corrected chi connectivity index (χ4v) is 8.38. The molecule has 334 valence electrons. The molecule has 0 rings (SSSR count). The summed E-state index contributed by atoms with van der Waals surface area (Å²) < 4.78 is 5.48. The van der Waals surface area contributed by atoms with Crippen molar-refractivity contribution in [3.05, 3.63) is 12.2 Å². The Bertz CT molecular complexity index is 741. The normalized spacial score (nSPS) is 11.8. The number of unbranched alkanes of at least 4 members (excludes halogenated alkanes) is 41. The Kier molecular flexibility index (Phi) is 49.6. The van der Waals surface area contributed by atoms with Crippen LogP contribution in [0.25, 0.3) is 0 Å². The Morgan fingerprint density at radius 2 is 0.625 bits per heavy atom. The van der Waals surface area contributed by atoms with Gasteiger partial charge >= 0.3 is 5.97 Å². The summed E-state index contributed by atoms with van der Waals surface area (Å²) in [5.74, 6) is 0.911. The van der Waals surface area contributed by atoms with Crippen molar-refractivity contribution in [2.75, 3.05) is 6.61 Å². The van der Waals surface area contributed by atoms with Crippen molar-refractivity contribution in [3.63, 3.8) is 0 Å². The molecule has 2 heteroatoms. The highest BCUT2D eigenvalue weighted by atomic mass is 16.5. The predicted octanol–water partition coefficient (Wildman–Crippen LogP) is 19.7. The molecule has 0 aliphatic carbocycles. The first-order valence-electron chi connectivity index (χ1n) is 26.5. The minimum Gasteiger partial charge on any atom is -0.466 e. The standard InChI is InChI=1S/C54H106O2/c1-4-5-6-7-8-9-10-11-29-33-36-39-42-45-48-51-54(55)56-52-49-46-43-40-37-34-31-28-26-24-22-20-18-16-14-12-13-15-17-19-21-23-25-27-30-32-35-38-41-44-47-50-53(2)3/h11,29,53H,4-10,12-28,30-52H2,1-3H3/b29-11-. The summed E-state index contributed by atoms with van der Waals surface area (Å²) in [7, 11) is 0. The average molecular weight is 787 g/mol. The van der Waals surface area contributed by atoms with Gasteiger partial charge in [0.25, 0.3) is 0 Å². The van der Waals surface area contributed by atoms with Crippen molar-refractivity contribution >= 4 is 5.97 Å². The molecule has 0 saturated carbocycles. The third-order valence-corrected chi connectivity index (χ3v) is 12.3. The molecule has 0 bridgehead atoms. The molecular formula is C54H106O2. The van der Waals surface area contributed by atoms with E-state index in [1.807, 2.05) is 0 Å². The molecule has 0 N–H and O–H groups in total. The molecule has 0 fully saturated rings.